The summed E-state index contributed by atoms with van der Waals surface area (Å²) in [4.78, 5) is 26.0. The Morgan fingerprint density at radius 3 is 1.62 bits per heavy atom. The largest absolute Gasteiger partial charge is 0.444 e. The van der Waals surface area contributed by atoms with Gasteiger partial charge < -0.3 is 15.8 Å². The maximum absolute atomic E-state index is 12.1. The van der Waals surface area contributed by atoms with Crippen LogP contribution in [0.5, 0.6) is 0 Å². The quantitative estimate of drug-likeness (QED) is 0.127. The van der Waals surface area contributed by atoms with Crippen molar-refractivity contribution in [3.05, 3.63) is 143 Å². The van der Waals surface area contributed by atoms with Crippen LogP contribution in [0.4, 0.5) is 4.79 Å². The molecule has 2 aromatic carbocycles. The summed E-state index contributed by atoms with van der Waals surface area (Å²) in [6, 6.07) is 24.9. The van der Waals surface area contributed by atoms with E-state index >= 15 is 0 Å². The molecule has 2 aliphatic rings. The second-order valence-electron chi connectivity index (χ2n) is 16.4. The van der Waals surface area contributed by atoms with Crippen molar-refractivity contribution < 1.29 is 9.53 Å². The van der Waals surface area contributed by atoms with Crippen molar-refractivity contribution in [2.24, 2.45) is 5.73 Å². The van der Waals surface area contributed by atoms with Gasteiger partial charge in [0.1, 0.15) is 5.60 Å². The number of alkyl carbamates (subject to hydrolysis) is 1. The Balaban J connectivity index is 0.000000607. The molecule has 0 fully saturated rings. The molecule has 14 nitrogen and oxygen atoms in total. The highest BCUT2D eigenvalue weighted by molar-refractivity contribution is 5.86. The Bertz CT molecular complexity index is 2340. The molecule has 0 saturated heterocycles. The maximum atomic E-state index is 12.1. The normalized spacial score (nSPS) is 14.7. The highest BCUT2D eigenvalue weighted by Crippen LogP contribution is 2.34. The number of pyridine rings is 2. The summed E-state index contributed by atoms with van der Waals surface area (Å²) in [5.74, 6) is 0. The van der Waals surface area contributed by atoms with E-state index in [1.807, 2.05) is 111 Å². The lowest BCUT2D eigenvalue weighted by Gasteiger charge is -2.31. The van der Waals surface area contributed by atoms with Crippen LogP contribution in [0, 0.1) is 0 Å². The fraction of sp³-hybridized carbons (Fsp3) is 0.426. The molecule has 2 aliphatic carbocycles. The average molecular weight is 975 g/mol. The first-order valence-electron chi connectivity index (χ1n) is 20.5. The van der Waals surface area contributed by atoms with E-state index in [4.69, 9.17) is 10.5 Å². The summed E-state index contributed by atoms with van der Waals surface area (Å²) < 4.78 is 8.92. The molecule has 0 bridgehead atoms. The van der Waals surface area contributed by atoms with Gasteiger partial charge in [-0.15, -0.1) is 59.8 Å². The van der Waals surface area contributed by atoms with Crippen molar-refractivity contribution in [2.75, 3.05) is 14.1 Å². The highest BCUT2D eigenvalue weighted by atomic mass is 35.5. The molecule has 18 heteroatoms. The van der Waals surface area contributed by atoms with E-state index in [-0.39, 0.29) is 70.5 Å². The number of nitrogens with one attached hydrogen (secondary N) is 1. The molecule has 6 aromatic rings. The van der Waals surface area contributed by atoms with Gasteiger partial charge >= 0.3 is 6.09 Å². The van der Waals surface area contributed by atoms with Crippen molar-refractivity contribution >= 4 is 55.7 Å². The van der Waals surface area contributed by atoms with E-state index in [2.05, 4.69) is 71.9 Å². The van der Waals surface area contributed by atoms with Gasteiger partial charge in [-0.1, -0.05) is 73.8 Å². The zero-order valence-corrected chi connectivity index (χ0v) is 39.7. The van der Waals surface area contributed by atoms with E-state index in [1.165, 1.54) is 35.4 Å². The zero-order chi connectivity index (χ0) is 41.4. The summed E-state index contributed by atoms with van der Waals surface area (Å²) in [6.45, 7) is 7.77. The molecule has 65 heavy (non-hydrogen) atoms. The minimum atomic E-state index is -0.537. The van der Waals surface area contributed by atoms with Crippen LogP contribution in [0.15, 0.2) is 97.6 Å². The third-order valence-electron chi connectivity index (χ3n) is 10.8. The van der Waals surface area contributed by atoms with Crippen molar-refractivity contribution in [3.63, 3.8) is 0 Å². The number of para-hydroxylation sites is 2. The number of aryl methyl sites for hydroxylation is 2. The number of ether oxygens (including phenoxy) is 1. The maximum Gasteiger partial charge on any atom is 0.407 e. The lowest BCUT2D eigenvalue weighted by atomic mass is 9.91. The molecule has 8 rings (SSSR count). The van der Waals surface area contributed by atoms with Gasteiger partial charge in [-0.3, -0.25) is 19.8 Å². The van der Waals surface area contributed by atoms with Crippen molar-refractivity contribution in [3.8, 4) is 11.4 Å². The number of halogens is 4. The van der Waals surface area contributed by atoms with Gasteiger partial charge in [0.15, 0.2) is 0 Å². The minimum absolute atomic E-state index is 0. The van der Waals surface area contributed by atoms with Gasteiger partial charge in [-0.2, -0.15) is 0 Å². The second-order valence-corrected chi connectivity index (χ2v) is 16.4. The van der Waals surface area contributed by atoms with Crippen LogP contribution in [0.2, 0.25) is 0 Å². The molecule has 0 saturated carbocycles. The molecule has 356 valence electrons. The number of hydrogen-bond donors (Lipinski definition) is 2. The summed E-state index contributed by atoms with van der Waals surface area (Å²) in [5, 5.41) is 20.3. The number of rotatable bonds is 11. The van der Waals surface area contributed by atoms with Crippen LogP contribution < -0.4 is 11.1 Å². The Kier molecular flexibility index (Phi) is 24.3. The van der Waals surface area contributed by atoms with Gasteiger partial charge in [-0.05, 0) is 120 Å². The van der Waals surface area contributed by atoms with E-state index in [0.717, 1.165) is 66.1 Å². The Hall–Kier alpha value is -4.67. The van der Waals surface area contributed by atoms with Crippen molar-refractivity contribution in [1.29, 1.82) is 0 Å². The molecule has 3 N–H and O–H groups in total. The lowest BCUT2D eigenvalue weighted by molar-refractivity contribution is 0.0523. The third-order valence-corrected chi connectivity index (χ3v) is 10.8. The molecular weight excluding hydrogens is 906 g/mol. The summed E-state index contributed by atoms with van der Waals surface area (Å²) in [6.07, 6.45) is 14.1. The lowest BCUT2D eigenvalue weighted by Crippen LogP contribution is -2.32. The number of benzene rings is 2. The Labute approximate surface area is 410 Å². The SMILES string of the molecule is C.C.CN(Cc1cn(-c2ccccc2CN)nn1)C1CCCc2cccnc21.CN(Cc1cn(-c2ccccc2CNC(=O)OC(C)(C)C)nn1)C1CCCc2cccnc21.Cl.Cl.Cl.Cl. The third kappa shape index (κ3) is 15.2. The molecule has 2 unspecified atom stereocenters. The van der Waals surface area contributed by atoms with Crippen LogP contribution >= 0.6 is 49.6 Å². The topological polar surface area (TPSA) is 158 Å². The first kappa shape index (κ1) is 58.3. The first-order valence-corrected chi connectivity index (χ1v) is 20.5. The molecule has 0 aliphatic heterocycles. The zero-order valence-electron chi connectivity index (χ0n) is 36.5. The number of aromatic nitrogens is 8. The fourth-order valence-corrected chi connectivity index (χ4v) is 8.01. The average Bonchev–Trinajstić information content (AvgIpc) is 3.92. The smallest absolute Gasteiger partial charge is 0.407 e. The van der Waals surface area contributed by atoms with E-state index in [9.17, 15) is 4.79 Å². The summed E-state index contributed by atoms with van der Waals surface area (Å²) in [7, 11) is 4.26. The molecule has 2 atom stereocenters. The fourth-order valence-electron chi connectivity index (χ4n) is 8.01. The number of fused-ring (bicyclic) bond motifs is 2. The molecule has 1 amide bonds. The van der Waals surface area contributed by atoms with E-state index < -0.39 is 11.7 Å². The van der Waals surface area contributed by atoms with E-state index in [0.29, 0.717) is 25.7 Å². The standard InChI is InChI=1S/C25H32N6O2.C20H24N6.2CH4.4ClH/c1-25(2,3)33-24(32)27-15-19-9-5-6-12-21(19)31-17-20(28-29-31)16-30(4)22-13-7-10-18-11-8-14-26-23(18)22;1-25(19-10-4-7-15-8-5-11-22-20(15)19)13-17-14-26(24-23-17)18-9-3-2-6-16(18)12-21;;;;;;/h5-6,8-9,11-12,14,17,22H,7,10,13,15-16H2,1-4H3,(H,27,32);2-3,5-6,8-9,11,14,19H,4,7,10,12-13,21H2,1H3;2*1H4;4*1H. The predicted molar refractivity (Wildman–Crippen MR) is 269 cm³/mol. The number of nitrogens with zero attached hydrogens (tertiary/aromatic N) is 10. The van der Waals surface area contributed by atoms with E-state index in [1.54, 1.807) is 4.68 Å². The number of amides is 1. The number of nitrogens with two attached hydrogens (primary N) is 1. The van der Waals surface area contributed by atoms with Crippen LogP contribution in [0.25, 0.3) is 11.4 Å². The molecular formula is C47H68Cl4N12O2. The Morgan fingerprint density at radius 2 is 1.15 bits per heavy atom. The van der Waals surface area contributed by atoms with Gasteiger partial charge in [0, 0.05) is 38.6 Å². The summed E-state index contributed by atoms with van der Waals surface area (Å²) >= 11 is 0. The summed E-state index contributed by atoms with van der Waals surface area (Å²) in [5.41, 5.74) is 16.1. The molecule has 0 radical (unpaired) electrons. The highest BCUT2D eigenvalue weighted by Gasteiger charge is 2.27. The van der Waals surface area contributed by atoms with Gasteiger partial charge in [-0.25, -0.2) is 14.2 Å². The van der Waals surface area contributed by atoms with Crippen LogP contribution in [-0.4, -0.2) is 75.5 Å². The van der Waals surface area contributed by atoms with Gasteiger partial charge in [0.05, 0.1) is 58.6 Å². The Morgan fingerprint density at radius 1 is 0.708 bits per heavy atom. The van der Waals surface area contributed by atoms with Crippen LogP contribution in [0.3, 0.4) is 0 Å². The van der Waals surface area contributed by atoms with Crippen molar-refractivity contribution in [1.82, 2.24) is 55.1 Å². The van der Waals surface area contributed by atoms with Crippen LogP contribution in [-0.2, 0) is 43.8 Å². The predicted octanol–water partition coefficient (Wildman–Crippen LogP) is 9.79. The second kappa shape index (κ2) is 27.1. The molecule has 4 aromatic heterocycles. The van der Waals surface area contributed by atoms with Gasteiger partial charge in [0.2, 0.25) is 0 Å². The molecule has 0 spiro atoms. The monoisotopic (exact) mass is 972 g/mol. The van der Waals surface area contributed by atoms with Crippen molar-refractivity contribution in [2.45, 2.75) is 118 Å². The van der Waals surface area contributed by atoms with Gasteiger partial charge in [0.25, 0.3) is 0 Å². The number of hydrogen-bond acceptors (Lipinski definition) is 11. The molecule has 4 heterocycles. The minimum Gasteiger partial charge on any atom is -0.444 e. The van der Waals surface area contributed by atoms with Crippen LogP contribution in [0.1, 0.15) is 118 Å². The first-order chi connectivity index (χ1) is 28.6. The number of carbonyl (C=O) groups excluding carboxylic acids is 1. The number of carbonyl (C=O) groups is 1.